The van der Waals surface area contributed by atoms with Gasteiger partial charge in [-0.25, -0.2) is 13.4 Å². The molecule has 1 aliphatic carbocycles. The number of nitriles is 1. The predicted molar refractivity (Wildman–Crippen MR) is 121 cm³/mol. The third kappa shape index (κ3) is 6.06. The minimum absolute atomic E-state index is 0.0532. The maximum Gasteiger partial charge on any atom is 0.244 e. The fraction of sp³-hybridized carbons (Fsp3) is 0.409. The number of amides is 1. The van der Waals surface area contributed by atoms with E-state index in [-0.39, 0.29) is 23.3 Å². The number of aromatic nitrogens is 1. The Morgan fingerprint density at radius 2 is 1.97 bits per heavy atom. The Labute approximate surface area is 187 Å². The SMILES string of the molecule is CN(C1CCCCC1)S(=O)(=O)c1ccc(SCCC(=O)Nc2ccccc2C#N)nc1. The molecule has 0 aliphatic heterocycles. The zero-order valence-electron chi connectivity index (χ0n) is 17.5. The van der Waals surface area contributed by atoms with Gasteiger partial charge in [-0.1, -0.05) is 31.4 Å². The van der Waals surface area contributed by atoms with Gasteiger partial charge in [0.15, 0.2) is 0 Å². The van der Waals surface area contributed by atoms with Crippen LogP contribution in [0.4, 0.5) is 5.69 Å². The van der Waals surface area contributed by atoms with E-state index in [9.17, 15) is 13.2 Å². The third-order valence-electron chi connectivity index (χ3n) is 5.38. The molecule has 1 amide bonds. The molecule has 31 heavy (non-hydrogen) atoms. The fourth-order valence-electron chi connectivity index (χ4n) is 3.56. The summed E-state index contributed by atoms with van der Waals surface area (Å²) >= 11 is 1.38. The fourth-order valence-corrected chi connectivity index (χ4v) is 5.71. The molecule has 1 aromatic heterocycles. The van der Waals surface area contributed by atoms with Crippen LogP contribution in [0.5, 0.6) is 0 Å². The Morgan fingerprint density at radius 3 is 2.65 bits per heavy atom. The van der Waals surface area contributed by atoms with Crippen LogP contribution in [0.2, 0.25) is 0 Å². The molecule has 1 heterocycles. The molecule has 9 heteroatoms. The van der Waals surface area contributed by atoms with Gasteiger partial charge in [-0.3, -0.25) is 4.79 Å². The van der Waals surface area contributed by atoms with Crippen molar-refractivity contribution in [3.05, 3.63) is 48.2 Å². The van der Waals surface area contributed by atoms with Crippen molar-refractivity contribution in [2.45, 2.75) is 54.5 Å². The second kappa shape index (κ2) is 10.8. The maximum atomic E-state index is 12.9. The molecule has 0 spiro atoms. The van der Waals surface area contributed by atoms with Crippen molar-refractivity contribution in [1.82, 2.24) is 9.29 Å². The van der Waals surface area contributed by atoms with Crippen molar-refractivity contribution >= 4 is 33.4 Å². The number of pyridine rings is 1. The third-order valence-corrected chi connectivity index (χ3v) is 8.21. The lowest BCUT2D eigenvalue weighted by molar-refractivity contribution is -0.115. The lowest BCUT2D eigenvalue weighted by atomic mass is 9.96. The van der Waals surface area contributed by atoms with Gasteiger partial charge in [-0.15, -0.1) is 11.8 Å². The van der Waals surface area contributed by atoms with Crippen molar-refractivity contribution in [3.63, 3.8) is 0 Å². The number of carbonyl (C=O) groups is 1. The van der Waals surface area contributed by atoms with Crippen LogP contribution in [0.3, 0.4) is 0 Å². The van der Waals surface area contributed by atoms with Crippen LogP contribution < -0.4 is 5.32 Å². The maximum absolute atomic E-state index is 12.9. The summed E-state index contributed by atoms with van der Waals surface area (Å²) in [7, 11) is -1.91. The van der Waals surface area contributed by atoms with Crippen molar-refractivity contribution in [3.8, 4) is 6.07 Å². The van der Waals surface area contributed by atoms with E-state index in [0.717, 1.165) is 25.7 Å². The van der Waals surface area contributed by atoms with Crippen LogP contribution in [0.15, 0.2) is 52.5 Å². The topological polar surface area (TPSA) is 103 Å². The summed E-state index contributed by atoms with van der Waals surface area (Å²) in [4.78, 5) is 16.6. The first-order valence-corrected chi connectivity index (χ1v) is 12.7. The molecule has 1 N–H and O–H groups in total. The number of thioether (sulfide) groups is 1. The van der Waals surface area contributed by atoms with E-state index >= 15 is 0 Å². The van der Waals surface area contributed by atoms with Gasteiger partial charge in [-0.05, 0) is 37.1 Å². The first-order valence-electron chi connectivity index (χ1n) is 10.3. The number of carbonyl (C=O) groups excluding carboxylic acids is 1. The van der Waals surface area contributed by atoms with Crippen molar-refractivity contribution < 1.29 is 13.2 Å². The quantitative estimate of drug-likeness (QED) is 0.599. The summed E-state index contributed by atoms with van der Waals surface area (Å²) in [5, 5.41) is 12.5. The summed E-state index contributed by atoms with van der Waals surface area (Å²) < 4.78 is 27.2. The number of hydrogen-bond acceptors (Lipinski definition) is 6. The Balaban J connectivity index is 1.52. The molecular weight excluding hydrogens is 432 g/mol. The van der Waals surface area contributed by atoms with E-state index in [0.29, 0.717) is 22.0 Å². The highest BCUT2D eigenvalue weighted by atomic mass is 32.2. The predicted octanol–water partition coefficient (Wildman–Crippen LogP) is 4.03. The zero-order chi connectivity index (χ0) is 22.3. The summed E-state index contributed by atoms with van der Waals surface area (Å²) in [6, 6.07) is 12.2. The van der Waals surface area contributed by atoms with Crippen LogP contribution in [-0.4, -0.2) is 42.5 Å². The molecular formula is C22H26N4O3S2. The summed E-state index contributed by atoms with van der Waals surface area (Å²) in [6.45, 7) is 0. The van der Waals surface area contributed by atoms with Crippen LogP contribution in [0.1, 0.15) is 44.1 Å². The van der Waals surface area contributed by atoms with Gasteiger partial charge in [0.05, 0.1) is 16.3 Å². The number of para-hydroxylation sites is 1. The Bertz CT molecular complexity index is 1040. The molecule has 7 nitrogen and oxygen atoms in total. The Hall–Kier alpha value is -2.41. The van der Waals surface area contributed by atoms with Crippen LogP contribution in [0, 0.1) is 11.3 Å². The smallest absolute Gasteiger partial charge is 0.244 e. The van der Waals surface area contributed by atoms with Crippen molar-refractivity contribution in [2.75, 3.05) is 18.1 Å². The number of benzene rings is 1. The highest BCUT2D eigenvalue weighted by molar-refractivity contribution is 7.99. The minimum atomic E-state index is -3.56. The Kier molecular flexibility index (Phi) is 8.07. The highest BCUT2D eigenvalue weighted by Crippen LogP contribution is 2.27. The van der Waals surface area contributed by atoms with E-state index in [4.69, 9.17) is 5.26 Å². The molecule has 164 valence electrons. The molecule has 1 aromatic carbocycles. The molecule has 1 aliphatic rings. The normalized spacial score (nSPS) is 14.9. The summed E-state index contributed by atoms with van der Waals surface area (Å²) in [5.74, 6) is 0.297. The average molecular weight is 459 g/mol. The monoisotopic (exact) mass is 458 g/mol. The molecule has 0 unspecified atom stereocenters. The van der Waals surface area contributed by atoms with Crippen LogP contribution in [-0.2, 0) is 14.8 Å². The number of nitrogens with one attached hydrogen (secondary N) is 1. The van der Waals surface area contributed by atoms with Crippen molar-refractivity contribution in [2.24, 2.45) is 0 Å². The number of hydrogen-bond donors (Lipinski definition) is 1. The first kappa shape index (κ1) is 23.3. The van der Waals surface area contributed by atoms with Gasteiger partial charge in [0, 0.05) is 31.5 Å². The lowest BCUT2D eigenvalue weighted by Gasteiger charge is -2.30. The number of nitrogens with zero attached hydrogens (tertiary/aromatic N) is 3. The van der Waals surface area contributed by atoms with Gasteiger partial charge in [0.1, 0.15) is 11.0 Å². The number of rotatable bonds is 8. The Morgan fingerprint density at radius 1 is 1.23 bits per heavy atom. The van der Waals surface area contributed by atoms with Crippen molar-refractivity contribution in [1.29, 1.82) is 5.26 Å². The molecule has 2 aromatic rings. The van der Waals surface area contributed by atoms with Crippen LogP contribution >= 0.6 is 11.8 Å². The molecule has 0 radical (unpaired) electrons. The minimum Gasteiger partial charge on any atom is -0.325 e. The standard InChI is InChI=1S/C22H26N4O3S2/c1-26(18-8-3-2-4-9-18)31(28,29)19-11-12-22(24-16-19)30-14-13-21(27)25-20-10-6-5-7-17(20)15-23/h5-7,10-12,16,18H,2-4,8-9,13-14H2,1H3,(H,25,27). The average Bonchev–Trinajstić information content (AvgIpc) is 2.80. The van der Waals surface area contributed by atoms with Crippen LogP contribution in [0.25, 0.3) is 0 Å². The molecule has 3 rings (SSSR count). The second-order valence-corrected chi connectivity index (χ2v) is 10.6. The molecule has 1 fully saturated rings. The van der Waals surface area contributed by atoms with E-state index < -0.39 is 10.0 Å². The van der Waals surface area contributed by atoms with Gasteiger partial charge < -0.3 is 5.32 Å². The zero-order valence-corrected chi connectivity index (χ0v) is 19.1. The highest BCUT2D eigenvalue weighted by Gasteiger charge is 2.29. The van der Waals surface area contributed by atoms with E-state index in [1.54, 1.807) is 43.4 Å². The van der Waals surface area contributed by atoms with Gasteiger partial charge in [-0.2, -0.15) is 9.57 Å². The second-order valence-electron chi connectivity index (χ2n) is 7.45. The first-order chi connectivity index (χ1) is 14.9. The van der Waals surface area contributed by atoms with E-state index in [1.807, 2.05) is 6.07 Å². The van der Waals surface area contributed by atoms with Gasteiger partial charge in [0.2, 0.25) is 15.9 Å². The van der Waals surface area contributed by atoms with Gasteiger partial charge >= 0.3 is 0 Å². The molecule has 1 saturated carbocycles. The van der Waals surface area contributed by atoms with Gasteiger partial charge in [0.25, 0.3) is 0 Å². The summed E-state index contributed by atoms with van der Waals surface area (Å²) in [5.41, 5.74) is 0.912. The molecule has 0 atom stereocenters. The van der Waals surface area contributed by atoms with E-state index in [2.05, 4.69) is 10.3 Å². The lowest BCUT2D eigenvalue weighted by Crippen LogP contribution is -2.38. The largest absolute Gasteiger partial charge is 0.325 e. The molecule has 0 bridgehead atoms. The number of anilines is 1. The summed E-state index contributed by atoms with van der Waals surface area (Å²) in [6.07, 6.45) is 6.73. The van der Waals surface area contributed by atoms with E-state index in [1.165, 1.54) is 28.7 Å². The molecule has 0 saturated heterocycles. The number of sulfonamides is 1.